The van der Waals surface area contributed by atoms with Crippen LogP contribution in [0.4, 0.5) is 5.69 Å². The SMILES string of the molecule is O=C1CCC(C(=O)OCC(=O)Nc2ccc3c(c2)OCO3)=NN1. The molecule has 3 rings (SSSR count). The lowest BCUT2D eigenvalue weighted by Crippen LogP contribution is -2.32. The third kappa shape index (κ3) is 3.57. The number of hydrazone groups is 1. The lowest BCUT2D eigenvalue weighted by molar-refractivity contribution is -0.140. The van der Waals surface area contributed by atoms with Crippen molar-refractivity contribution in [2.45, 2.75) is 12.8 Å². The summed E-state index contributed by atoms with van der Waals surface area (Å²) in [7, 11) is 0. The van der Waals surface area contributed by atoms with Gasteiger partial charge in [-0.3, -0.25) is 9.59 Å². The van der Waals surface area contributed by atoms with Gasteiger partial charge in [0.1, 0.15) is 5.71 Å². The molecule has 0 saturated heterocycles. The van der Waals surface area contributed by atoms with Crippen molar-refractivity contribution in [3.63, 3.8) is 0 Å². The smallest absolute Gasteiger partial charge is 0.355 e. The molecule has 23 heavy (non-hydrogen) atoms. The fourth-order valence-corrected chi connectivity index (χ4v) is 2.01. The highest BCUT2D eigenvalue weighted by Gasteiger charge is 2.20. The van der Waals surface area contributed by atoms with E-state index in [1.165, 1.54) is 0 Å². The van der Waals surface area contributed by atoms with E-state index in [9.17, 15) is 14.4 Å². The number of ether oxygens (including phenoxy) is 3. The van der Waals surface area contributed by atoms with E-state index < -0.39 is 18.5 Å². The van der Waals surface area contributed by atoms with E-state index in [-0.39, 0.29) is 31.3 Å². The number of benzene rings is 1. The molecule has 9 heteroatoms. The summed E-state index contributed by atoms with van der Waals surface area (Å²) < 4.78 is 15.2. The van der Waals surface area contributed by atoms with Gasteiger partial charge in [0.15, 0.2) is 18.1 Å². The van der Waals surface area contributed by atoms with Gasteiger partial charge in [-0.25, -0.2) is 10.2 Å². The molecule has 0 saturated carbocycles. The summed E-state index contributed by atoms with van der Waals surface area (Å²) in [6, 6.07) is 4.93. The summed E-state index contributed by atoms with van der Waals surface area (Å²) in [6.07, 6.45) is 0.353. The Morgan fingerprint density at radius 1 is 1.26 bits per heavy atom. The van der Waals surface area contributed by atoms with E-state index in [0.717, 1.165) is 0 Å². The number of carbonyl (C=O) groups excluding carboxylic acids is 3. The Hall–Kier alpha value is -3.10. The molecule has 1 aromatic carbocycles. The lowest BCUT2D eigenvalue weighted by atomic mass is 10.2. The summed E-state index contributed by atoms with van der Waals surface area (Å²) in [4.78, 5) is 34.4. The first-order valence-corrected chi connectivity index (χ1v) is 6.84. The van der Waals surface area contributed by atoms with Crippen molar-refractivity contribution < 1.29 is 28.6 Å². The van der Waals surface area contributed by atoms with E-state index in [4.69, 9.17) is 14.2 Å². The van der Waals surface area contributed by atoms with Gasteiger partial charge in [-0.2, -0.15) is 5.10 Å². The molecule has 0 unspecified atom stereocenters. The Kier molecular flexibility index (Phi) is 4.09. The Morgan fingerprint density at radius 2 is 2.09 bits per heavy atom. The average Bonchev–Trinajstić information content (AvgIpc) is 3.01. The minimum Gasteiger partial charge on any atom is -0.454 e. The van der Waals surface area contributed by atoms with Crippen molar-refractivity contribution in [3.05, 3.63) is 18.2 Å². The van der Waals surface area contributed by atoms with Crippen LogP contribution < -0.4 is 20.2 Å². The fourth-order valence-electron chi connectivity index (χ4n) is 2.01. The highest BCUT2D eigenvalue weighted by molar-refractivity contribution is 6.37. The molecule has 0 aliphatic carbocycles. The third-order valence-electron chi connectivity index (χ3n) is 3.13. The molecule has 0 bridgehead atoms. The first kappa shape index (κ1) is 14.8. The number of anilines is 1. The van der Waals surface area contributed by atoms with Crippen molar-refractivity contribution in [1.29, 1.82) is 0 Å². The number of nitrogens with zero attached hydrogens (tertiary/aromatic N) is 1. The summed E-state index contributed by atoms with van der Waals surface area (Å²) in [5, 5.41) is 6.17. The number of amides is 2. The maximum Gasteiger partial charge on any atom is 0.355 e. The van der Waals surface area contributed by atoms with Crippen molar-refractivity contribution in [3.8, 4) is 11.5 Å². The normalized spacial score (nSPS) is 15.5. The van der Waals surface area contributed by atoms with Gasteiger partial charge in [0, 0.05) is 24.6 Å². The van der Waals surface area contributed by atoms with Gasteiger partial charge in [0.25, 0.3) is 5.91 Å². The first-order chi connectivity index (χ1) is 11.1. The second-order valence-corrected chi connectivity index (χ2v) is 4.79. The van der Waals surface area contributed by atoms with Gasteiger partial charge in [0.05, 0.1) is 0 Å². The minimum atomic E-state index is -0.731. The minimum absolute atomic E-state index is 0.0838. The maximum atomic E-state index is 11.8. The average molecular weight is 319 g/mol. The van der Waals surface area contributed by atoms with E-state index >= 15 is 0 Å². The molecule has 0 spiro atoms. The van der Waals surface area contributed by atoms with Crippen molar-refractivity contribution in [2.75, 3.05) is 18.7 Å². The van der Waals surface area contributed by atoms with E-state index in [1.54, 1.807) is 18.2 Å². The van der Waals surface area contributed by atoms with E-state index in [0.29, 0.717) is 17.2 Å². The summed E-state index contributed by atoms with van der Waals surface area (Å²) >= 11 is 0. The molecule has 120 valence electrons. The van der Waals surface area contributed by atoms with E-state index in [1.807, 2.05) is 0 Å². The predicted molar refractivity (Wildman–Crippen MR) is 77.0 cm³/mol. The van der Waals surface area contributed by atoms with Gasteiger partial charge in [0.2, 0.25) is 12.7 Å². The van der Waals surface area contributed by atoms with Crippen molar-refractivity contribution in [2.24, 2.45) is 5.10 Å². The largest absolute Gasteiger partial charge is 0.454 e. The fraction of sp³-hybridized carbons (Fsp3) is 0.286. The summed E-state index contributed by atoms with van der Waals surface area (Å²) in [6.45, 7) is -0.316. The quantitative estimate of drug-likeness (QED) is 0.764. The molecule has 0 aromatic heterocycles. The first-order valence-electron chi connectivity index (χ1n) is 6.84. The number of nitrogens with one attached hydrogen (secondary N) is 2. The number of carbonyl (C=O) groups is 3. The van der Waals surface area contributed by atoms with Crippen LogP contribution >= 0.6 is 0 Å². The summed E-state index contributed by atoms with van der Waals surface area (Å²) in [5.41, 5.74) is 2.77. The second-order valence-electron chi connectivity index (χ2n) is 4.79. The van der Waals surface area contributed by atoms with Crippen molar-refractivity contribution >= 4 is 29.2 Å². The van der Waals surface area contributed by atoms with Crippen LogP contribution in [0.2, 0.25) is 0 Å². The lowest BCUT2D eigenvalue weighted by Gasteiger charge is -2.11. The molecular weight excluding hydrogens is 306 g/mol. The van der Waals surface area contributed by atoms with Crippen LogP contribution in [0.15, 0.2) is 23.3 Å². The molecule has 1 aromatic rings. The molecule has 0 radical (unpaired) electrons. The Bertz CT molecular complexity index is 700. The Labute approximate surface area is 130 Å². The second kappa shape index (κ2) is 6.34. The van der Waals surface area contributed by atoms with E-state index in [2.05, 4.69) is 15.8 Å². The molecule has 0 fully saturated rings. The van der Waals surface area contributed by atoms with Gasteiger partial charge in [-0.05, 0) is 12.1 Å². The number of esters is 1. The van der Waals surface area contributed by atoms with Crippen LogP contribution in [0.25, 0.3) is 0 Å². The summed E-state index contributed by atoms with van der Waals surface area (Å²) in [5.74, 6) is -0.357. The van der Waals surface area contributed by atoms with Gasteiger partial charge >= 0.3 is 5.97 Å². The monoisotopic (exact) mass is 319 g/mol. The standard InChI is InChI=1S/C14H13N3O6/c18-12-4-2-9(16-17-12)14(20)21-6-13(19)15-8-1-3-10-11(5-8)23-7-22-10/h1,3,5H,2,4,6-7H2,(H,15,19)(H,17,18). The predicted octanol–water partition coefficient (Wildman–Crippen LogP) is 0.163. The molecular formula is C14H13N3O6. The van der Waals surface area contributed by atoms with Crippen LogP contribution in [0, 0.1) is 0 Å². The Morgan fingerprint density at radius 3 is 2.87 bits per heavy atom. The molecule has 9 nitrogen and oxygen atoms in total. The molecule has 2 aliphatic heterocycles. The van der Waals surface area contributed by atoms with Gasteiger partial charge in [-0.15, -0.1) is 0 Å². The Balaban J connectivity index is 1.50. The number of hydrogen-bond donors (Lipinski definition) is 2. The van der Waals surface area contributed by atoms with Crippen LogP contribution in [-0.4, -0.2) is 36.9 Å². The maximum absolute atomic E-state index is 11.8. The van der Waals surface area contributed by atoms with Gasteiger partial charge < -0.3 is 19.5 Å². The molecule has 2 N–H and O–H groups in total. The number of fused-ring (bicyclic) bond motifs is 1. The topological polar surface area (TPSA) is 115 Å². The zero-order valence-electron chi connectivity index (χ0n) is 12.0. The molecule has 2 aliphatic rings. The highest BCUT2D eigenvalue weighted by Crippen LogP contribution is 2.34. The van der Waals surface area contributed by atoms with Gasteiger partial charge in [-0.1, -0.05) is 0 Å². The van der Waals surface area contributed by atoms with Crippen LogP contribution in [0.5, 0.6) is 11.5 Å². The van der Waals surface area contributed by atoms with Crippen LogP contribution in [0.1, 0.15) is 12.8 Å². The van der Waals surface area contributed by atoms with Crippen LogP contribution in [-0.2, 0) is 19.1 Å². The zero-order valence-corrected chi connectivity index (χ0v) is 12.0. The number of hydrogen-bond acceptors (Lipinski definition) is 7. The molecule has 0 atom stereocenters. The van der Waals surface area contributed by atoms with Crippen molar-refractivity contribution in [1.82, 2.24) is 5.43 Å². The highest BCUT2D eigenvalue weighted by atomic mass is 16.7. The third-order valence-corrected chi connectivity index (χ3v) is 3.13. The molecule has 2 heterocycles. The number of rotatable bonds is 4. The molecule has 2 amide bonds. The van der Waals surface area contributed by atoms with Crippen LogP contribution in [0.3, 0.4) is 0 Å². The zero-order chi connectivity index (χ0) is 16.2.